The molecule has 1 atom stereocenters. The van der Waals surface area contributed by atoms with Crippen LogP contribution in [-0.4, -0.2) is 49.4 Å². The van der Waals surface area contributed by atoms with E-state index in [2.05, 4.69) is 15.1 Å². The maximum absolute atomic E-state index is 15.4. The molecule has 1 aliphatic heterocycles. The molecule has 0 radical (unpaired) electrons. The predicted octanol–water partition coefficient (Wildman–Crippen LogP) is 6.14. The largest absolute Gasteiger partial charge is 0.451 e. The lowest BCUT2D eigenvalue weighted by Crippen LogP contribution is -2.43. The summed E-state index contributed by atoms with van der Waals surface area (Å²) in [6, 6.07) is 2.83. The smallest absolute Gasteiger partial charge is 0.410 e. The topological polar surface area (TPSA) is 108 Å². The number of hydrogen-bond donors (Lipinski definition) is 1. The van der Waals surface area contributed by atoms with Gasteiger partial charge in [-0.2, -0.15) is 13.9 Å². The maximum atomic E-state index is 15.4. The Balaban J connectivity index is 1.50. The number of ether oxygens (including phenoxy) is 2. The van der Waals surface area contributed by atoms with Gasteiger partial charge in [-0.15, -0.1) is 0 Å². The number of carbonyl (C=O) groups excluding carboxylic acids is 1. The minimum Gasteiger partial charge on any atom is -0.451 e. The lowest BCUT2D eigenvalue weighted by atomic mass is 10.1. The fourth-order valence-electron chi connectivity index (χ4n) is 4.60. The fraction of sp³-hybridized carbons (Fsp3) is 0.333. The summed E-state index contributed by atoms with van der Waals surface area (Å²) in [5, 5.41) is 4.84. The summed E-state index contributed by atoms with van der Waals surface area (Å²) < 4.78 is 82.7. The number of nitrogen functional groups attached to an aromatic ring is 1. The first-order valence-corrected chi connectivity index (χ1v) is 12.6. The number of likely N-dealkylation sites (tertiary alicyclic amines) is 1. The zero-order valence-corrected chi connectivity index (χ0v) is 22.2. The Morgan fingerprint density at radius 1 is 1.02 bits per heavy atom. The first-order valence-electron chi connectivity index (χ1n) is 12.6. The van der Waals surface area contributed by atoms with Crippen molar-refractivity contribution in [1.29, 1.82) is 0 Å². The van der Waals surface area contributed by atoms with Crippen molar-refractivity contribution in [3.05, 3.63) is 59.7 Å². The van der Waals surface area contributed by atoms with Crippen LogP contribution in [0.1, 0.15) is 39.7 Å². The summed E-state index contributed by atoms with van der Waals surface area (Å²) in [5.41, 5.74) is 5.77. The van der Waals surface area contributed by atoms with Crippen LogP contribution in [0.2, 0.25) is 0 Å². The highest BCUT2D eigenvalue weighted by Crippen LogP contribution is 2.37. The molecule has 0 saturated carbocycles. The van der Waals surface area contributed by atoms with Crippen LogP contribution < -0.4 is 10.5 Å². The van der Waals surface area contributed by atoms with E-state index in [1.165, 1.54) is 12.4 Å². The van der Waals surface area contributed by atoms with Gasteiger partial charge in [-0.05, 0) is 45.7 Å². The monoisotopic (exact) mass is 576 g/mol. The standard InChI is InChI=1S/C27H25F5N6O3/c1-27(2,3)41-26(39)37-8-4-5-13(11-37)38-25-19(24(33)34-12-35-25)22(36-38)15-7-6-14(9-16(15)28)40-23-20(31)17(29)10-18(30)21(23)32/h6-7,9-10,12-13H,4-5,8,11H2,1-3H3,(H2,33,34,35). The molecule has 1 unspecified atom stereocenters. The molecule has 5 rings (SSSR count). The number of carbonyl (C=O) groups is 1. The van der Waals surface area contributed by atoms with Crippen LogP contribution in [0.4, 0.5) is 32.6 Å². The first kappa shape index (κ1) is 28.1. The van der Waals surface area contributed by atoms with E-state index in [0.717, 1.165) is 12.1 Å². The van der Waals surface area contributed by atoms with Crippen molar-refractivity contribution >= 4 is 22.9 Å². The number of hydrogen-bond acceptors (Lipinski definition) is 7. The Hall–Kier alpha value is -4.49. The highest BCUT2D eigenvalue weighted by molar-refractivity contribution is 5.98. The highest BCUT2D eigenvalue weighted by atomic mass is 19.2. The van der Waals surface area contributed by atoms with Crippen LogP contribution >= 0.6 is 0 Å². The number of fused-ring (bicyclic) bond motifs is 1. The third-order valence-electron chi connectivity index (χ3n) is 6.40. The van der Waals surface area contributed by atoms with Gasteiger partial charge in [-0.3, -0.25) is 0 Å². The number of aromatic nitrogens is 4. The van der Waals surface area contributed by atoms with Gasteiger partial charge >= 0.3 is 6.09 Å². The lowest BCUT2D eigenvalue weighted by molar-refractivity contribution is 0.0169. The number of halogens is 5. The molecule has 0 spiro atoms. The van der Waals surface area contributed by atoms with Crippen LogP contribution in [0.15, 0.2) is 30.6 Å². The number of anilines is 1. The number of amides is 1. The third kappa shape index (κ3) is 5.45. The van der Waals surface area contributed by atoms with Crippen molar-refractivity contribution in [1.82, 2.24) is 24.6 Å². The van der Waals surface area contributed by atoms with E-state index in [4.69, 9.17) is 15.2 Å². The van der Waals surface area contributed by atoms with Gasteiger partial charge in [0, 0.05) is 30.8 Å². The average Bonchev–Trinajstić information content (AvgIpc) is 3.30. The van der Waals surface area contributed by atoms with E-state index in [-0.39, 0.29) is 41.1 Å². The number of benzene rings is 2. The van der Waals surface area contributed by atoms with E-state index in [9.17, 15) is 22.4 Å². The molecule has 2 aromatic carbocycles. The van der Waals surface area contributed by atoms with E-state index < -0.39 is 52.3 Å². The van der Waals surface area contributed by atoms with Crippen molar-refractivity contribution in [2.24, 2.45) is 0 Å². The van der Waals surface area contributed by atoms with Gasteiger partial charge < -0.3 is 20.1 Å². The lowest BCUT2D eigenvalue weighted by Gasteiger charge is -2.34. The second-order valence-corrected chi connectivity index (χ2v) is 10.5. The molecule has 14 heteroatoms. The van der Waals surface area contributed by atoms with Crippen LogP contribution in [-0.2, 0) is 4.74 Å². The van der Waals surface area contributed by atoms with Gasteiger partial charge in [0.2, 0.25) is 17.4 Å². The molecule has 2 N–H and O–H groups in total. The number of piperidine rings is 1. The number of nitrogens with zero attached hydrogens (tertiary/aromatic N) is 5. The zero-order chi connectivity index (χ0) is 29.6. The molecule has 1 saturated heterocycles. The molecule has 41 heavy (non-hydrogen) atoms. The average molecular weight is 577 g/mol. The Labute approximate surface area is 230 Å². The third-order valence-corrected chi connectivity index (χ3v) is 6.40. The van der Waals surface area contributed by atoms with Crippen molar-refractivity contribution < 1.29 is 36.2 Å². The molecule has 1 amide bonds. The van der Waals surface area contributed by atoms with Crippen LogP contribution in [0.25, 0.3) is 22.3 Å². The minimum absolute atomic E-state index is 0.0233. The molecule has 0 aliphatic carbocycles. The summed E-state index contributed by atoms with van der Waals surface area (Å²) in [7, 11) is 0. The molecule has 1 aliphatic rings. The maximum Gasteiger partial charge on any atom is 0.410 e. The second-order valence-electron chi connectivity index (χ2n) is 10.5. The van der Waals surface area contributed by atoms with Crippen molar-refractivity contribution in [3.63, 3.8) is 0 Å². The molecule has 1 fully saturated rings. The molecule has 2 aromatic heterocycles. The normalized spacial score (nSPS) is 15.8. The Kier molecular flexibility index (Phi) is 7.17. The Bertz CT molecular complexity index is 1630. The first-order chi connectivity index (χ1) is 19.3. The van der Waals surface area contributed by atoms with Crippen molar-refractivity contribution in [2.45, 2.75) is 45.3 Å². The van der Waals surface area contributed by atoms with Gasteiger partial charge in [0.05, 0.1) is 11.4 Å². The van der Waals surface area contributed by atoms with E-state index in [1.807, 2.05) is 0 Å². The quantitative estimate of drug-likeness (QED) is 0.230. The molecule has 3 heterocycles. The van der Waals surface area contributed by atoms with Gasteiger partial charge in [0.1, 0.15) is 35.0 Å². The zero-order valence-electron chi connectivity index (χ0n) is 22.2. The predicted molar refractivity (Wildman–Crippen MR) is 138 cm³/mol. The molecule has 4 aromatic rings. The molecular formula is C27H25F5N6O3. The summed E-state index contributed by atoms with van der Waals surface area (Å²) in [6.45, 7) is 6.06. The fourth-order valence-corrected chi connectivity index (χ4v) is 4.60. The summed E-state index contributed by atoms with van der Waals surface area (Å²) >= 11 is 0. The van der Waals surface area contributed by atoms with E-state index >= 15 is 4.39 Å². The number of nitrogens with two attached hydrogens (primary N) is 1. The van der Waals surface area contributed by atoms with Crippen LogP contribution in [0.5, 0.6) is 11.5 Å². The molecular weight excluding hydrogens is 551 g/mol. The Morgan fingerprint density at radius 2 is 1.73 bits per heavy atom. The van der Waals surface area contributed by atoms with Gasteiger partial charge in [0.15, 0.2) is 17.3 Å². The van der Waals surface area contributed by atoms with Crippen molar-refractivity contribution in [2.75, 3.05) is 18.8 Å². The van der Waals surface area contributed by atoms with E-state index in [1.54, 1.807) is 30.4 Å². The summed E-state index contributed by atoms with van der Waals surface area (Å²) in [6.07, 6.45) is 2.05. The molecule has 9 nitrogen and oxygen atoms in total. The minimum atomic E-state index is -1.77. The SMILES string of the molecule is CC(C)(C)OC(=O)N1CCCC(n2nc(-c3ccc(Oc4c(F)c(F)cc(F)c4F)cc3F)c3c(N)ncnc32)C1. The highest BCUT2D eigenvalue weighted by Gasteiger charge is 2.31. The van der Waals surface area contributed by atoms with Gasteiger partial charge in [-0.1, -0.05) is 0 Å². The van der Waals surface area contributed by atoms with Crippen LogP contribution in [0, 0.1) is 29.1 Å². The van der Waals surface area contributed by atoms with Crippen molar-refractivity contribution in [3.8, 4) is 22.8 Å². The summed E-state index contributed by atoms with van der Waals surface area (Å²) in [5.74, 6) is -9.57. The van der Waals surface area contributed by atoms with Crippen LogP contribution in [0.3, 0.4) is 0 Å². The molecule has 0 bridgehead atoms. The second kappa shape index (κ2) is 10.5. The molecule has 216 valence electrons. The van der Waals surface area contributed by atoms with Gasteiger partial charge in [-0.25, -0.2) is 32.6 Å². The summed E-state index contributed by atoms with van der Waals surface area (Å²) in [4.78, 5) is 22.6. The van der Waals surface area contributed by atoms with E-state index in [0.29, 0.717) is 25.0 Å². The number of rotatable bonds is 4. The Morgan fingerprint density at radius 3 is 2.39 bits per heavy atom. The van der Waals surface area contributed by atoms with Gasteiger partial charge in [0.25, 0.3) is 0 Å².